The van der Waals surface area contributed by atoms with Crippen LogP contribution < -0.4 is 14.8 Å². The first-order valence-corrected chi connectivity index (χ1v) is 14.5. The molecule has 1 amide bonds. The average molecular weight is 656 g/mol. The van der Waals surface area contributed by atoms with Crippen molar-refractivity contribution >= 4 is 11.9 Å². The number of rotatable bonds is 10. The number of amides is 1. The van der Waals surface area contributed by atoms with Gasteiger partial charge in [0.15, 0.2) is 6.10 Å². The molecule has 47 heavy (non-hydrogen) atoms. The molecule has 0 bridgehead atoms. The molecule has 0 radical (unpaired) electrons. The van der Waals surface area contributed by atoms with Gasteiger partial charge in [-0.2, -0.15) is 13.9 Å². The molecule has 0 aliphatic carbocycles. The molecule has 3 aliphatic heterocycles. The van der Waals surface area contributed by atoms with E-state index in [1.807, 2.05) is 34.9 Å². The van der Waals surface area contributed by atoms with Gasteiger partial charge >= 0.3 is 12.6 Å². The molecule has 12 nitrogen and oxygen atoms in total. The first-order chi connectivity index (χ1) is 22.5. The number of ether oxygens (including phenoxy) is 3. The second-order valence-electron chi connectivity index (χ2n) is 10.9. The molecule has 0 spiro atoms. The van der Waals surface area contributed by atoms with Crippen molar-refractivity contribution < 1.29 is 41.4 Å². The van der Waals surface area contributed by atoms with E-state index >= 15 is 0 Å². The monoisotopic (exact) mass is 655 g/mol. The number of aryl methyl sites for hydroxylation is 1. The first-order valence-electron chi connectivity index (χ1n) is 14.5. The summed E-state index contributed by atoms with van der Waals surface area (Å²) in [7, 11) is 1.52. The highest BCUT2D eigenvalue weighted by atomic mass is 19.3. The number of alkyl halides is 4. The summed E-state index contributed by atoms with van der Waals surface area (Å²) in [5.74, 6) is -1.32. The van der Waals surface area contributed by atoms with Crippen LogP contribution in [0.3, 0.4) is 0 Å². The van der Waals surface area contributed by atoms with Crippen molar-refractivity contribution in [3.05, 3.63) is 66.1 Å². The van der Waals surface area contributed by atoms with Crippen molar-refractivity contribution in [1.29, 1.82) is 0 Å². The highest BCUT2D eigenvalue weighted by molar-refractivity contribution is 5.97. The summed E-state index contributed by atoms with van der Waals surface area (Å²) in [6.45, 7) is -0.444. The van der Waals surface area contributed by atoms with Crippen molar-refractivity contribution in [2.24, 2.45) is 7.05 Å². The molecule has 5 heterocycles. The maximum Gasteiger partial charge on any atom is 0.388 e. The molecule has 2 atom stereocenters. The van der Waals surface area contributed by atoms with Crippen molar-refractivity contribution in [2.75, 3.05) is 6.61 Å². The molecule has 1 aromatic carbocycles. The van der Waals surface area contributed by atoms with E-state index in [1.54, 1.807) is 18.3 Å². The minimum Gasteiger partial charge on any atom is -0.475 e. The molecule has 0 fully saturated rings. The highest BCUT2D eigenvalue weighted by Gasteiger charge is 2.37. The van der Waals surface area contributed by atoms with Crippen LogP contribution in [-0.4, -0.2) is 66.4 Å². The quantitative estimate of drug-likeness (QED) is 0.170. The van der Waals surface area contributed by atoms with Gasteiger partial charge in [-0.1, -0.05) is 30.3 Å². The molecule has 16 heteroatoms. The van der Waals surface area contributed by atoms with Gasteiger partial charge in [-0.25, -0.2) is 18.4 Å². The minimum absolute atomic E-state index is 0.00245. The van der Waals surface area contributed by atoms with Gasteiger partial charge in [0.05, 0.1) is 29.4 Å². The lowest BCUT2D eigenvalue weighted by Gasteiger charge is -2.26. The van der Waals surface area contributed by atoms with Gasteiger partial charge in [0, 0.05) is 44.0 Å². The van der Waals surface area contributed by atoms with Crippen LogP contribution in [0.5, 0.6) is 11.8 Å². The van der Waals surface area contributed by atoms with E-state index < -0.39 is 48.6 Å². The number of fused-ring (bicyclic) bond motifs is 2. The third kappa shape index (κ3) is 6.35. The molecule has 246 valence electrons. The summed E-state index contributed by atoms with van der Waals surface area (Å²) < 4.78 is 76.4. The van der Waals surface area contributed by atoms with Gasteiger partial charge in [-0.3, -0.25) is 14.3 Å². The number of esters is 1. The van der Waals surface area contributed by atoms with E-state index in [2.05, 4.69) is 15.5 Å². The minimum atomic E-state index is -3.20. The predicted molar refractivity (Wildman–Crippen MR) is 158 cm³/mol. The number of pyridine rings is 1. The number of nitrogens with zero attached hydrogens (tertiary/aromatic N) is 6. The van der Waals surface area contributed by atoms with Crippen LogP contribution in [0.15, 0.2) is 54.9 Å². The Hall–Kier alpha value is -5.41. The lowest BCUT2D eigenvalue weighted by atomic mass is 9.98. The fourth-order valence-electron chi connectivity index (χ4n) is 5.58. The Morgan fingerprint density at radius 1 is 1.06 bits per heavy atom. The molecule has 0 unspecified atom stereocenters. The van der Waals surface area contributed by atoms with E-state index in [9.17, 15) is 27.2 Å². The fourth-order valence-corrected chi connectivity index (χ4v) is 5.58. The Labute approximate surface area is 265 Å². The van der Waals surface area contributed by atoms with Crippen LogP contribution in [0.4, 0.5) is 17.6 Å². The number of carbonyl (C=O) groups is 2. The molecular formula is C31H29F4N7O5. The summed E-state index contributed by atoms with van der Waals surface area (Å²) in [6, 6.07) is 12.2. The maximum atomic E-state index is 14.7. The Morgan fingerprint density at radius 3 is 2.53 bits per heavy atom. The number of halogens is 4. The first kappa shape index (κ1) is 31.6. The molecule has 2 aromatic heterocycles. The second-order valence-corrected chi connectivity index (χ2v) is 10.9. The van der Waals surface area contributed by atoms with Crippen molar-refractivity contribution in [2.45, 2.75) is 52.1 Å². The molecule has 0 saturated carbocycles. The normalized spacial score (nSPS) is 15.0. The zero-order valence-electron chi connectivity index (χ0n) is 25.4. The van der Waals surface area contributed by atoms with Gasteiger partial charge in [0.25, 0.3) is 12.3 Å². The van der Waals surface area contributed by atoms with Gasteiger partial charge in [0.1, 0.15) is 18.1 Å². The summed E-state index contributed by atoms with van der Waals surface area (Å²) in [5, 5.41) is 10.9. The number of hydrogen-bond acceptors (Lipinski definition) is 8. The lowest BCUT2D eigenvalue weighted by Crippen LogP contribution is -2.48. The van der Waals surface area contributed by atoms with Crippen molar-refractivity contribution in [1.82, 2.24) is 34.4 Å². The van der Waals surface area contributed by atoms with Gasteiger partial charge in [-0.05, 0) is 24.6 Å². The number of aromatic nitrogens is 6. The van der Waals surface area contributed by atoms with Gasteiger partial charge < -0.3 is 24.1 Å². The zero-order chi connectivity index (χ0) is 33.4. The van der Waals surface area contributed by atoms with Crippen LogP contribution >= 0.6 is 0 Å². The van der Waals surface area contributed by atoms with E-state index in [1.165, 1.54) is 36.5 Å². The smallest absolute Gasteiger partial charge is 0.388 e. The van der Waals surface area contributed by atoms with Crippen LogP contribution in [-0.2, 0) is 34.5 Å². The van der Waals surface area contributed by atoms with Crippen LogP contribution in [0, 0.1) is 0 Å². The standard InChI is InChI=1S/C31H29F4N7O5/c1-16(46-17(2)43)28(44)36-19-13-42-30(45-15-19)23(25(38-42)26(32)33)24-22(21-14-40(3)39-29(21)47-31(34)35)20-10-7-11-41(27(20)37-24)12-18-8-5-4-6-9-18/h4-11,14,16,19,26,31H,12-13,15H2,1-3H3,(H,36,44)/t16-,19-/m0/s1. The second kappa shape index (κ2) is 12.8. The average Bonchev–Trinajstić information content (AvgIpc) is 3.69. The van der Waals surface area contributed by atoms with E-state index in [0.29, 0.717) is 17.9 Å². The van der Waals surface area contributed by atoms with E-state index in [0.717, 1.165) is 5.56 Å². The van der Waals surface area contributed by atoms with E-state index in [-0.39, 0.29) is 41.4 Å². The van der Waals surface area contributed by atoms with Gasteiger partial charge in [-0.15, -0.1) is 5.10 Å². The van der Waals surface area contributed by atoms with Crippen LogP contribution in [0.25, 0.3) is 33.8 Å². The number of nitrogens with one attached hydrogen (secondary N) is 1. The third-order valence-electron chi connectivity index (χ3n) is 7.48. The lowest BCUT2D eigenvalue weighted by molar-refractivity contribution is -0.153. The highest BCUT2D eigenvalue weighted by Crippen LogP contribution is 2.49. The Balaban J connectivity index is 1.49. The molecule has 3 aliphatic rings. The Morgan fingerprint density at radius 2 is 1.83 bits per heavy atom. The summed E-state index contributed by atoms with van der Waals surface area (Å²) in [4.78, 5) is 28.6. The number of benzene rings is 1. The summed E-state index contributed by atoms with van der Waals surface area (Å²) >= 11 is 0. The van der Waals surface area contributed by atoms with Gasteiger partial charge in [0.2, 0.25) is 11.8 Å². The molecule has 0 saturated heterocycles. The molecule has 3 aromatic rings. The summed E-state index contributed by atoms with van der Waals surface area (Å²) in [5.41, 5.74) is 0.937. The molecule has 6 rings (SSSR count). The van der Waals surface area contributed by atoms with E-state index in [4.69, 9.17) is 19.2 Å². The Bertz CT molecular complexity index is 1890. The fraction of sp³-hybridized carbons (Fsp3) is 0.323. The summed E-state index contributed by atoms with van der Waals surface area (Å²) in [6.07, 6.45) is -0.953. The zero-order valence-corrected chi connectivity index (χ0v) is 25.4. The molecule has 1 N–H and O–H groups in total. The third-order valence-corrected chi connectivity index (χ3v) is 7.48. The predicted octanol–water partition coefficient (Wildman–Crippen LogP) is 4.67. The van der Waals surface area contributed by atoms with Crippen molar-refractivity contribution in [3.8, 4) is 45.5 Å². The SMILES string of the molecule is CC(=O)O[C@@H](C)C(=O)N[C@@H]1COc2c(-c3nc4n(Cc5ccccc5)cccc-4c3-c3cn(C)nc3OC(F)F)c(C(F)F)nn2C1. The topological polar surface area (TPSA) is 127 Å². The van der Waals surface area contributed by atoms with Crippen LogP contribution in [0.2, 0.25) is 0 Å². The number of hydrogen-bond donors (Lipinski definition) is 1. The van der Waals surface area contributed by atoms with Crippen LogP contribution in [0.1, 0.15) is 31.5 Å². The maximum absolute atomic E-state index is 14.7. The van der Waals surface area contributed by atoms with Crippen molar-refractivity contribution in [3.63, 3.8) is 0 Å². The largest absolute Gasteiger partial charge is 0.475 e. The number of carbonyl (C=O) groups excluding carboxylic acids is 2. The molecular weight excluding hydrogens is 626 g/mol. The Kier molecular flexibility index (Phi) is 8.58.